The van der Waals surface area contributed by atoms with E-state index >= 15 is 0 Å². The van der Waals surface area contributed by atoms with Gasteiger partial charge in [-0.2, -0.15) is 0 Å². The lowest BCUT2D eigenvalue weighted by Gasteiger charge is -2.18. The predicted molar refractivity (Wildman–Crippen MR) is 59.7 cm³/mol. The maximum Gasteiger partial charge on any atom is 0.138 e. The van der Waals surface area contributed by atoms with Crippen LogP contribution < -0.4 is 0 Å². The van der Waals surface area contributed by atoms with E-state index in [1.165, 1.54) is 0 Å². The maximum absolute atomic E-state index is 9.82. The van der Waals surface area contributed by atoms with Crippen LogP contribution in [0.2, 0.25) is 0 Å². The van der Waals surface area contributed by atoms with Gasteiger partial charge < -0.3 is 9.67 Å². The normalized spacial score (nSPS) is 19.4. The van der Waals surface area contributed by atoms with Crippen LogP contribution in [-0.4, -0.2) is 19.6 Å². The Morgan fingerprint density at radius 3 is 3.12 bits per heavy atom. The minimum atomic E-state index is -0.417. The maximum atomic E-state index is 9.82. The molecular weight excluding hydrogens is 202 g/mol. The van der Waals surface area contributed by atoms with E-state index in [1.54, 1.807) is 12.4 Å². The Morgan fingerprint density at radius 1 is 1.44 bits per heavy atom. The molecule has 0 unspecified atom stereocenters. The molecule has 0 amide bonds. The van der Waals surface area contributed by atoms with Crippen LogP contribution in [0.25, 0.3) is 11.3 Å². The molecule has 2 aromatic rings. The Labute approximate surface area is 93.6 Å². The number of aryl methyl sites for hydroxylation is 1. The van der Waals surface area contributed by atoms with Gasteiger partial charge in [-0.15, -0.1) is 0 Å². The van der Waals surface area contributed by atoms with Crippen molar-refractivity contribution >= 4 is 0 Å². The van der Waals surface area contributed by atoms with Crippen LogP contribution in [0, 0.1) is 0 Å². The average Bonchev–Trinajstić information content (AvgIpc) is 2.76. The van der Waals surface area contributed by atoms with Crippen LogP contribution in [0.1, 0.15) is 24.8 Å². The predicted octanol–water partition coefficient (Wildman–Crippen LogP) is 1.77. The summed E-state index contributed by atoms with van der Waals surface area (Å²) < 4.78 is 2.04. The van der Waals surface area contributed by atoms with Crippen LogP contribution in [0.15, 0.2) is 30.7 Å². The molecule has 4 nitrogen and oxygen atoms in total. The second kappa shape index (κ2) is 3.72. The number of pyridine rings is 1. The van der Waals surface area contributed by atoms with Gasteiger partial charge in [0.15, 0.2) is 0 Å². The molecule has 4 heteroatoms. The Balaban J connectivity index is 2.05. The van der Waals surface area contributed by atoms with Crippen molar-refractivity contribution in [1.82, 2.24) is 14.5 Å². The standard InChI is InChI=1S/C12H13N3O/c16-11-4-2-6-15-8-10(14-12(11)15)9-3-1-5-13-7-9/h1,3,5,7-8,11,16H,2,4,6H2/t11-/m1/s1. The van der Waals surface area contributed by atoms with E-state index in [9.17, 15) is 5.11 Å². The summed E-state index contributed by atoms with van der Waals surface area (Å²) in [5, 5.41) is 9.82. The monoisotopic (exact) mass is 215 g/mol. The van der Waals surface area contributed by atoms with Crippen LogP contribution in [-0.2, 0) is 6.54 Å². The fourth-order valence-corrected chi connectivity index (χ4v) is 2.11. The van der Waals surface area contributed by atoms with Gasteiger partial charge in [-0.05, 0) is 25.0 Å². The number of aliphatic hydroxyl groups excluding tert-OH is 1. The van der Waals surface area contributed by atoms with Gasteiger partial charge in [-0.3, -0.25) is 4.98 Å². The molecule has 0 bridgehead atoms. The van der Waals surface area contributed by atoms with Gasteiger partial charge >= 0.3 is 0 Å². The van der Waals surface area contributed by atoms with E-state index in [4.69, 9.17) is 0 Å². The zero-order valence-electron chi connectivity index (χ0n) is 8.87. The third-order valence-electron chi connectivity index (χ3n) is 2.94. The summed E-state index contributed by atoms with van der Waals surface area (Å²) in [7, 11) is 0. The lowest BCUT2D eigenvalue weighted by Crippen LogP contribution is -2.14. The van der Waals surface area contributed by atoms with Crippen molar-refractivity contribution in [3.05, 3.63) is 36.5 Å². The van der Waals surface area contributed by atoms with Crippen LogP contribution in [0.5, 0.6) is 0 Å². The van der Waals surface area contributed by atoms with Crippen molar-refractivity contribution in [2.24, 2.45) is 0 Å². The van der Waals surface area contributed by atoms with Gasteiger partial charge in [-0.25, -0.2) is 4.98 Å². The first kappa shape index (κ1) is 9.54. The number of imidazole rings is 1. The molecular formula is C12H13N3O. The van der Waals surface area contributed by atoms with E-state index < -0.39 is 6.10 Å². The fourth-order valence-electron chi connectivity index (χ4n) is 2.11. The molecule has 1 atom stereocenters. The summed E-state index contributed by atoms with van der Waals surface area (Å²) in [6.45, 7) is 0.944. The molecule has 0 aromatic carbocycles. The van der Waals surface area contributed by atoms with E-state index in [0.29, 0.717) is 0 Å². The number of aromatic nitrogens is 3. The highest BCUT2D eigenvalue weighted by atomic mass is 16.3. The highest BCUT2D eigenvalue weighted by molar-refractivity contribution is 5.57. The second-order valence-corrected chi connectivity index (χ2v) is 4.08. The quantitative estimate of drug-likeness (QED) is 0.788. The number of hydrogen-bond donors (Lipinski definition) is 1. The van der Waals surface area contributed by atoms with Crippen LogP contribution in [0.3, 0.4) is 0 Å². The number of nitrogens with zero attached hydrogens (tertiary/aromatic N) is 3. The van der Waals surface area contributed by atoms with Gasteiger partial charge in [0.2, 0.25) is 0 Å². The smallest absolute Gasteiger partial charge is 0.138 e. The molecule has 3 rings (SSSR count). The summed E-state index contributed by atoms with van der Waals surface area (Å²) in [5.41, 5.74) is 1.89. The molecule has 0 aliphatic carbocycles. The zero-order valence-corrected chi connectivity index (χ0v) is 8.87. The summed E-state index contributed by atoms with van der Waals surface area (Å²) >= 11 is 0. The molecule has 1 aliphatic rings. The second-order valence-electron chi connectivity index (χ2n) is 4.08. The number of fused-ring (bicyclic) bond motifs is 1. The number of rotatable bonds is 1. The van der Waals surface area contributed by atoms with Crippen molar-refractivity contribution in [1.29, 1.82) is 0 Å². The molecule has 0 spiro atoms. The minimum Gasteiger partial charge on any atom is -0.385 e. The summed E-state index contributed by atoms with van der Waals surface area (Å²) in [6.07, 6.45) is 6.93. The van der Waals surface area contributed by atoms with Gasteiger partial charge in [0.25, 0.3) is 0 Å². The summed E-state index contributed by atoms with van der Waals surface area (Å²) in [5.74, 6) is 0.783. The number of hydrogen-bond acceptors (Lipinski definition) is 3. The van der Waals surface area contributed by atoms with Crippen LogP contribution >= 0.6 is 0 Å². The third kappa shape index (κ3) is 1.51. The Morgan fingerprint density at radius 2 is 2.38 bits per heavy atom. The van der Waals surface area contributed by atoms with Gasteiger partial charge in [0.1, 0.15) is 11.9 Å². The van der Waals surface area contributed by atoms with Gasteiger partial charge in [0.05, 0.1) is 5.69 Å². The van der Waals surface area contributed by atoms with Crippen molar-refractivity contribution in [2.45, 2.75) is 25.5 Å². The van der Waals surface area contributed by atoms with Crippen molar-refractivity contribution in [3.63, 3.8) is 0 Å². The molecule has 0 saturated heterocycles. The van der Waals surface area contributed by atoms with Crippen LogP contribution in [0.4, 0.5) is 0 Å². The molecule has 0 radical (unpaired) electrons. The Bertz CT molecular complexity index is 492. The lowest BCUT2D eigenvalue weighted by atomic mass is 10.1. The van der Waals surface area contributed by atoms with Crippen molar-refractivity contribution in [2.75, 3.05) is 0 Å². The molecule has 1 N–H and O–H groups in total. The highest BCUT2D eigenvalue weighted by Gasteiger charge is 2.20. The van der Waals surface area contributed by atoms with E-state index in [-0.39, 0.29) is 0 Å². The zero-order chi connectivity index (χ0) is 11.0. The molecule has 0 fully saturated rings. The van der Waals surface area contributed by atoms with E-state index in [0.717, 1.165) is 36.5 Å². The summed E-state index contributed by atoms with van der Waals surface area (Å²) in [6, 6.07) is 3.87. The van der Waals surface area contributed by atoms with Gasteiger partial charge in [0, 0.05) is 30.7 Å². The molecule has 16 heavy (non-hydrogen) atoms. The van der Waals surface area contributed by atoms with Crippen molar-refractivity contribution < 1.29 is 5.11 Å². The SMILES string of the molecule is O[C@@H]1CCCn2cc(-c3cccnc3)nc21. The molecule has 0 saturated carbocycles. The largest absolute Gasteiger partial charge is 0.385 e. The average molecular weight is 215 g/mol. The first-order chi connectivity index (χ1) is 7.84. The van der Waals surface area contributed by atoms with E-state index in [2.05, 4.69) is 9.97 Å². The highest BCUT2D eigenvalue weighted by Crippen LogP contribution is 2.27. The summed E-state index contributed by atoms with van der Waals surface area (Å²) in [4.78, 5) is 8.55. The van der Waals surface area contributed by atoms with Gasteiger partial charge in [-0.1, -0.05) is 0 Å². The Kier molecular flexibility index (Phi) is 2.22. The van der Waals surface area contributed by atoms with Crippen molar-refractivity contribution in [3.8, 4) is 11.3 Å². The third-order valence-corrected chi connectivity index (χ3v) is 2.94. The number of aliphatic hydroxyl groups is 1. The molecule has 3 heterocycles. The molecule has 82 valence electrons. The van der Waals surface area contributed by atoms with E-state index in [1.807, 2.05) is 22.9 Å². The fraction of sp³-hybridized carbons (Fsp3) is 0.333. The molecule has 2 aromatic heterocycles. The first-order valence-corrected chi connectivity index (χ1v) is 5.50. The lowest BCUT2D eigenvalue weighted by molar-refractivity contribution is 0.134. The molecule has 1 aliphatic heterocycles. The minimum absolute atomic E-state index is 0.417. The first-order valence-electron chi connectivity index (χ1n) is 5.50. The topological polar surface area (TPSA) is 50.9 Å². The Hall–Kier alpha value is -1.68.